The van der Waals surface area contributed by atoms with Crippen molar-refractivity contribution < 1.29 is 0 Å². The van der Waals surface area contributed by atoms with Crippen LogP contribution in [-0.4, -0.2) is 17.0 Å². The van der Waals surface area contributed by atoms with Gasteiger partial charge in [0.15, 0.2) is 0 Å². The number of halogens is 1. The number of fused-ring (bicyclic) bond motifs is 1. The summed E-state index contributed by atoms with van der Waals surface area (Å²) in [5.74, 6) is 1.01. The molecule has 20 heavy (non-hydrogen) atoms. The molecule has 1 aliphatic rings. The number of nitrogens with zero attached hydrogens (tertiary/aromatic N) is 3. The second-order valence-electron chi connectivity index (χ2n) is 5.18. The van der Waals surface area contributed by atoms with E-state index in [1.807, 2.05) is 25.2 Å². The van der Waals surface area contributed by atoms with E-state index >= 15 is 0 Å². The number of nitrogens with two attached hydrogens (primary N) is 1. The Morgan fingerprint density at radius 2 is 2.15 bits per heavy atom. The van der Waals surface area contributed by atoms with Gasteiger partial charge in [0.1, 0.15) is 12.1 Å². The highest BCUT2D eigenvalue weighted by Gasteiger charge is 2.19. The van der Waals surface area contributed by atoms with Crippen LogP contribution in [0.15, 0.2) is 24.5 Å². The van der Waals surface area contributed by atoms with Gasteiger partial charge in [-0.3, -0.25) is 0 Å². The lowest BCUT2D eigenvalue weighted by Gasteiger charge is -2.21. The van der Waals surface area contributed by atoms with Crippen LogP contribution < -0.4 is 10.6 Å². The summed E-state index contributed by atoms with van der Waals surface area (Å²) >= 11 is 6.23. The van der Waals surface area contributed by atoms with Crippen LogP contribution in [-0.2, 0) is 19.4 Å². The molecule has 0 fully saturated rings. The van der Waals surface area contributed by atoms with Gasteiger partial charge in [0.05, 0.1) is 0 Å². The van der Waals surface area contributed by atoms with Crippen molar-refractivity contribution in [1.82, 2.24) is 9.97 Å². The number of hydrogen-bond donors (Lipinski definition) is 1. The van der Waals surface area contributed by atoms with Crippen LogP contribution in [0.4, 0.5) is 11.5 Å². The smallest absolute Gasteiger partial charge is 0.135 e. The van der Waals surface area contributed by atoms with Gasteiger partial charge in [0, 0.05) is 35.6 Å². The van der Waals surface area contributed by atoms with Gasteiger partial charge in [-0.25, -0.2) is 9.97 Å². The van der Waals surface area contributed by atoms with Crippen LogP contribution in [0.1, 0.15) is 23.2 Å². The zero-order chi connectivity index (χ0) is 14.1. The molecule has 5 heteroatoms. The molecule has 2 aromatic rings. The van der Waals surface area contributed by atoms with Crippen molar-refractivity contribution in [1.29, 1.82) is 0 Å². The molecule has 0 saturated carbocycles. The van der Waals surface area contributed by atoms with Crippen LogP contribution in [0.2, 0.25) is 5.02 Å². The van der Waals surface area contributed by atoms with Crippen LogP contribution in [0.5, 0.6) is 0 Å². The Kier molecular flexibility index (Phi) is 3.49. The lowest BCUT2D eigenvalue weighted by molar-refractivity contribution is 0.871. The van der Waals surface area contributed by atoms with E-state index in [1.165, 1.54) is 11.3 Å². The largest absolute Gasteiger partial charge is 0.399 e. The fraction of sp³-hybridized carbons (Fsp3) is 0.333. The molecule has 1 aromatic carbocycles. The van der Waals surface area contributed by atoms with E-state index in [0.717, 1.165) is 41.4 Å². The van der Waals surface area contributed by atoms with Crippen LogP contribution >= 0.6 is 11.6 Å². The Balaban J connectivity index is 1.88. The van der Waals surface area contributed by atoms with E-state index in [4.69, 9.17) is 17.3 Å². The van der Waals surface area contributed by atoms with Gasteiger partial charge in [0.2, 0.25) is 0 Å². The van der Waals surface area contributed by atoms with Crippen molar-refractivity contribution in [2.75, 3.05) is 17.7 Å². The molecule has 4 nitrogen and oxygen atoms in total. The standard InChI is InChI=1S/C15H17ClN4/c1-20(8-10-7-11(17)5-6-13(10)16)15-12-3-2-4-14(12)18-9-19-15/h5-7,9H,2-4,8,17H2,1H3. The third-order valence-corrected chi connectivity index (χ3v) is 4.06. The predicted molar refractivity (Wildman–Crippen MR) is 82.0 cm³/mol. The van der Waals surface area contributed by atoms with Crippen LogP contribution in [0, 0.1) is 0 Å². The lowest BCUT2D eigenvalue weighted by Crippen LogP contribution is -2.20. The number of benzene rings is 1. The molecular formula is C15H17ClN4. The Morgan fingerprint density at radius 3 is 3.00 bits per heavy atom. The first-order valence-electron chi connectivity index (χ1n) is 6.73. The lowest BCUT2D eigenvalue weighted by atomic mass is 10.1. The molecule has 0 spiro atoms. The number of aromatic nitrogens is 2. The Hall–Kier alpha value is -1.81. The van der Waals surface area contributed by atoms with Gasteiger partial charge < -0.3 is 10.6 Å². The summed E-state index contributed by atoms with van der Waals surface area (Å²) in [5, 5.41) is 0.733. The van der Waals surface area contributed by atoms with Gasteiger partial charge in [-0.05, 0) is 43.0 Å². The molecular weight excluding hydrogens is 272 g/mol. The quantitative estimate of drug-likeness (QED) is 0.883. The maximum absolute atomic E-state index is 6.23. The van der Waals surface area contributed by atoms with Crippen molar-refractivity contribution in [3.8, 4) is 0 Å². The second kappa shape index (κ2) is 5.29. The number of hydrogen-bond acceptors (Lipinski definition) is 4. The summed E-state index contributed by atoms with van der Waals surface area (Å²) in [6.07, 6.45) is 4.92. The molecule has 0 bridgehead atoms. The molecule has 1 heterocycles. The van der Waals surface area contributed by atoms with Crippen molar-refractivity contribution in [2.45, 2.75) is 25.8 Å². The van der Waals surface area contributed by atoms with E-state index in [0.29, 0.717) is 6.54 Å². The number of aryl methyl sites for hydroxylation is 1. The minimum absolute atomic E-state index is 0.688. The van der Waals surface area contributed by atoms with Crippen molar-refractivity contribution in [3.05, 3.63) is 46.4 Å². The van der Waals surface area contributed by atoms with Crippen molar-refractivity contribution in [3.63, 3.8) is 0 Å². The van der Waals surface area contributed by atoms with Crippen molar-refractivity contribution in [2.24, 2.45) is 0 Å². The van der Waals surface area contributed by atoms with Crippen LogP contribution in [0.25, 0.3) is 0 Å². The fourth-order valence-corrected chi connectivity index (χ4v) is 2.89. The predicted octanol–water partition coefficient (Wildman–Crippen LogP) is 2.84. The van der Waals surface area contributed by atoms with E-state index < -0.39 is 0 Å². The molecule has 0 saturated heterocycles. The highest BCUT2D eigenvalue weighted by Crippen LogP contribution is 2.29. The van der Waals surface area contributed by atoms with Gasteiger partial charge in [-0.15, -0.1) is 0 Å². The van der Waals surface area contributed by atoms with E-state index in [2.05, 4.69) is 14.9 Å². The van der Waals surface area contributed by atoms with E-state index in [1.54, 1.807) is 6.33 Å². The first-order chi connectivity index (χ1) is 9.65. The molecule has 0 radical (unpaired) electrons. The molecule has 1 aliphatic carbocycles. The van der Waals surface area contributed by atoms with Gasteiger partial charge in [0.25, 0.3) is 0 Å². The first-order valence-corrected chi connectivity index (χ1v) is 7.10. The van der Waals surface area contributed by atoms with Crippen LogP contribution in [0.3, 0.4) is 0 Å². The monoisotopic (exact) mass is 288 g/mol. The van der Waals surface area contributed by atoms with Crippen molar-refractivity contribution >= 4 is 23.1 Å². The summed E-state index contributed by atoms with van der Waals surface area (Å²) in [4.78, 5) is 10.9. The molecule has 3 rings (SSSR count). The van der Waals surface area contributed by atoms with Gasteiger partial charge in [-0.1, -0.05) is 11.6 Å². The molecule has 0 amide bonds. The number of rotatable bonds is 3. The average molecular weight is 289 g/mol. The molecule has 104 valence electrons. The summed E-state index contributed by atoms with van der Waals surface area (Å²) in [6.45, 7) is 0.688. The molecule has 0 atom stereocenters. The topological polar surface area (TPSA) is 55.0 Å². The minimum Gasteiger partial charge on any atom is -0.399 e. The molecule has 2 N–H and O–H groups in total. The second-order valence-corrected chi connectivity index (χ2v) is 5.59. The third kappa shape index (κ3) is 2.43. The Morgan fingerprint density at radius 1 is 1.30 bits per heavy atom. The SMILES string of the molecule is CN(Cc1cc(N)ccc1Cl)c1ncnc2c1CCC2. The summed E-state index contributed by atoms with van der Waals surface area (Å²) in [5.41, 5.74) is 10.0. The molecule has 0 unspecified atom stereocenters. The highest BCUT2D eigenvalue weighted by molar-refractivity contribution is 6.31. The number of anilines is 2. The highest BCUT2D eigenvalue weighted by atomic mass is 35.5. The Labute approximate surface area is 123 Å². The first kappa shape index (κ1) is 13.2. The maximum atomic E-state index is 6.23. The Bertz CT molecular complexity index is 642. The van der Waals surface area contributed by atoms with Gasteiger partial charge in [-0.2, -0.15) is 0 Å². The van der Waals surface area contributed by atoms with E-state index in [-0.39, 0.29) is 0 Å². The molecule has 0 aliphatic heterocycles. The minimum atomic E-state index is 0.688. The van der Waals surface area contributed by atoms with E-state index in [9.17, 15) is 0 Å². The summed E-state index contributed by atoms with van der Waals surface area (Å²) in [7, 11) is 2.03. The normalized spacial score (nSPS) is 13.3. The zero-order valence-corrected chi connectivity index (χ0v) is 12.2. The summed E-state index contributed by atoms with van der Waals surface area (Å²) < 4.78 is 0. The average Bonchev–Trinajstić information content (AvgIpc) is 2.91. The zero-order valence-electron chi connectivity index (χ0n) is 11.4. The number of nitrogen functional groups attached to an aromatic ring is 1. The fourth-order valence-electron chi connectivity index (χ4n) is 2.72. The maximum Gasteiger partial charge on any atom is 0.135 e. The summed E-state index contributed by atoms with van der Waals surface area (Å²) in [6, 6.07) is 5.57. The van der Waals surface area contributed by atoms with Gasteiger partial charge >= 0.3 is 0 Å². The molecule has 1 aromatic heterocycles. The third-order valence-electron chi connectivity index (χ3n) is 3.69.